The summed E-state index contributed by atoms with van der Waals surface area (Å²) in [5.74, 6) is 0.438. The first-order chi connectivity index (χ1) is 9.15. The van der Waals surface area contributed by atoms with Gasteiger partial charge < -0.3 is 9.41 Å². The van der Waals surface area contributed by atoms with Crippen LogP contribution in [0, 0.1) is 5.92 Å². The van der Waals surface area contributed by atoms with Crippen LogP contribution in [0.3, 0.4) is 0 Å². The number of hydrogen-bond donors (Lipinski definition) is 0. The molecule has 1 aromatic carbocycles. The molecule has 0 N–H and O–H groups in total. The van der Waals surface area contributed by atoms with Gasteiger partial charge in [-0.3, -0.25) is 0 Å². The van der Waals surface area contributed by atoms with Gasteiger partial charge in [-0.1, -0.05) is 0 Å². The van der Waals surface area contributed by atoms with Gasteiger partial charge in [0.15, 0.2) is 0 Å². The van der Waals surface area contributed by atoms with Crippen molar-refractivity contribution in [1.82, 2.24) is 0 Å². The molecule has 0 aromatic heterocycles. The average Bonchev–Trinajstić information content (AvgIpc) is 2.72. The molecule has 1 aromatic rings. The molecule has 2 rings (SSSR count). The molecule has 1 aliphatic rings. The summed E-state index contributed by atoms with van der Waals surface area (Å²) >= 11 is -0.241. The molecule has 1 unspecified atom stereocenters. The van der Waals surface area contributed by atoms with Crippen molar-refractivity contribution >= 4 is 12.0 Å². The van der Waals surface area contributed by atoms with Crippen LogP contribution >= 0.6 is 0 Å². The summed E-state index contributed by atoms with van der Waals surface area (Å²) in [5, 5.41) is 0. The van der Waals surface area contributed by atoms with Crippen LogP contribution in [0.4, 0.5) is 0 Å². The van der Waals surface area contributed by atoms with E-state index in [-0.39, 0.29) is 37.7 Å². The Labute approximate surface area is 140 Å². The van der Waals surface area contributed by atoms with Crippen LogP contribution in [0.15, 0.2) is 29.8 Å². The van der Waals surface area contributed by atoms with Crippen LogP contribution in [0.1, 0.15) is 48.9 Å². The third kappa shape index (κ3) is 5.25. The van der Waals surface area contributed by atoms with Crippen LogP contribution in [-0.4, -0.2) is 5.92 Å². The summed E-state index contributed by atoms with van der Waals surface area (Å²) in [6.07, 6.45) is 3.84. The minimum atomic E-state index is -0.359. The van der Waals surface area contributed by atoms with Crippen molar-refractivity contribution in [3.05, 3.63) is 41.0 Å². The van der Waals surface area contributed by atoms with Gasteiger partial charge in [0.05, 0.1) is 0 Å². The van der Waals surface area contributed by atoms with E-state index in [1.807, 2.05) is 0 Å². The van der Waals surface area contributed by atoms with Crippen molar-refractivity contribution in [2.75, 3.05) is 0 Å². The van der Waals surface area contributed by atoms with Crippen molar-refractivity contribution in [3.63, 3.8) is 0 Å². The topological polar surface area (TPSA) is 0 Å². The fraction of sp³-hybridized carbons (Fsp3) is 0.529. The summed E-state index contributed by atoms with van der Waals surface area (Å²) in [7, 11) is 0. The normalized spacial score (nSPS) is 15.9. The molecule has 1 atom stereocenters. The Kier molecular flexibility index (Phi) is 9.80. The Morgan fingerprint density at radius 3 is 2.29 bits per heavy atom. The third-order valence-corrected chi connectivity index (χ3v) is 20.5. The summed E-state index contributed by atoms with van der Waals surface area (Å²) in [6, 6.07) is 12.2. The van der Waals surface area contributed by atoms with E-state index in [0.717, 1.165) is 9.54 Å². The molecule has 0 spiro atoms. The summed E-state index contributed by atoms with van der Waals surface area (Å²) in [6.45, 7) is 9.60. The van der Waals surface area contributed by atoms with Gasteiger partial charge in [-0.15, -0.1) is 0 Å². The first kappa shape index (κ1) is 20.9. The van der Waals surface area contributed by atoms with Gasteiger partial charge >= 0.3 is 131 Å². The van der Waals surface area contributed by atoms with Gasteiger partial charge in [0.1, 0.15) is 0 Å². The molecule has 116 valence electrons. The van der Waals surface area contributed by atoms with Crippen molar-refractivity contribution in [2.45, 2.75) is 49.8 Å². The molecule has 0 saturated heterocycles. The predicted molar refractivity (Wildman–Crippen MR) is 84.7 cm³/mol. The number of hydrogen-bond acceptors (Lipinski definition) is 0. The molecule has 4 heteroatoms. The van der Waals surface area contributed by atoms with Crippen molar-refractivity contribution in [2.24, 2.45) is 5.92 Å². The van der Waals surface area contributed by atoms with Crippen LogP contribution in [0.5, 0.6) is 0 Å². The quantitative estimate of drug-likeness (QED) is 0.551. The molecule has 0 heterocycles. The average molecular weight is 388 g/mol. The van der Waals surface area contributed by atoms with Crippen LogP contribution in [0.25, 0.3) is 6.08 Å². The Morgan fingerprint density at radius 2 is 1.71 bits per heavy atom. The van der Waals surface area contributed by atoms with E-state index in [1.165, 1.54) is 24.1 Å². The first-order valence-corrected chi connectivity index (χ1v) is 15.6. The van der Waals surface area contributed by atoms with Gasteiger partial charge in [0.25, 0.3) is 0 Å². The van der Waals surface area contributed by atoms with E-state index in [2.05, 4.69) is 58.0 Å². The summed E-state index contributed by atoms with van der Waals surface area (Å²) in [4.78, 5) is 0. The molecule has 0 bridgehead atoms. The third-order valence-electron chi connectivity index (χ3n) is 4.05. The van der Waals surface area contributed by atoms with E-state index in [0.29, 0.717) is 0 Å². The number of fused-ring (bicyclic) bond motifs is 1. The van der Waals surface area contributed by atoms with Gasteiger partial charge in [-0.05, 0) is 0 Å². The number of halogens is 2. The number of benzene rings is 1. The zero-order valence-electron chi connectivity index (χ0n) is 13.5. The molecule has 0 fully saturated rings. The molecule has 0 amide bonds. The molecule has 21 heavy (non-hydrogen) atoms. The van der Waals surface area contributed by atoms with E-state index < -0.39 is 0 Å². The monoisotopic (exact) mass is 386 g/mol. The van der Waals surface area contributed by atoms with Crippen molar-refractivity contribution in [1.29, 1.82) is 0 Å². The van der Waals surface area contributed by atoms with Crippen LogP contribution < -0.4 is 9.41 Å². The van der Waals surface area contributed by atoms with Crippen molar-refractivity contribution in [3.8, 4) is 0 Å². The van der Waals surface area contributed by atoms with E-state index >= 15 is 0 Å². The van der Waals surface area contributed by atoms with Gasteiger partial charge in [-0.25, -0.2) is 0 Å². The van der Waals surface area contributed by atoms with Gasteiger partial charge in [0.2, 0.25) is 0 Å². The molecule has 0 radical (unpaired) electrons. The maximum atomic E-state index is 2.53. The molecule has 0 aliphatic heterocycles. The van der Waals surface area contributed by atoms with E-state index in [4.69, 9.17) is 0 Å². The summed E-state index contributed by atoms with van der Waals surface area (Å²) < 4.78 is 0.916. The number of rotatable bonds is 6. The zero-order chi connectivity index (χ0) is 13.8. The van der Waals surface area contributed by atoms with E-state index in [1.54, 1.807) is 11.1 Å². The molecule has 0 saturated carbocycles. The standard InChI is InChI=1S/C13H15.C4H11Si.2FH.Zr/c1-10(2)7-11-8-12-5-3-4-6-13(12)9-11;1-3-5-4-2;;;/h3-6,8-10H,7H2,1-2H3;5H,3-4H2,1-2H3;2*1H;/q;;;;+2/p-2. The smallest absolute Gasteiger partial charge is 1.00 e. The fourth-order valence-corrected chi connectivity index (χ4v) is 15.9. The molecule has 0 nitrogen and oxygen atoms in total. The molecular formula is C17H26F2SiZr. The van der Waals surface area contributed by atoms with Gasteiger partial charge in [-0.2, -0.15) is 0 Å². The Balaban J connectivity index is 0.00000200. The van der Waals surface area contributed by atoms with Gasteiger partial charge in [0, 0.05) is 0 Å². The van der Waals surface area contributed by atoms with E-state index in [9.17, 15) is 0 Å². The second-order valence-electron chi connectivity index (χ2n) is 6.06. The Hall–Kier alpha value is -0.0800. The van der Waals surface area contributed by atoms with Crippen molar-refractivity contribution < 1.29 is 31.8 Å². The Morgan fingerprint density at radius 1 is 1.10 bits per heavy atom. The first-order valence-electron chi connectivity index (χ1n) is 7.71. The minimum Gasteiger partial charge on any atom is -1.00 e. The number of allylic oxidation sites excluding steroid dienone is 1. The largest absolute Gasteiger partial charge is 1.00 e. The van der Waals surface area contributed by atoms with Crippen LogP contribution in [-0.2, 0) is 22.4 Å². The Bertz CT molecular complexity index is 456. The maximum Gasteiger partial charge on any atom is -1.00 e. The summed E-state index contributed by atoms with van der Waals surface area (Å²) in [5.41, 5.74) is 5.00. The molecular weight excluding hydrogens is 361 g/mol. The fourth-order valence-electron chi connectivity index (χ4n) is 2.99. The minimum absolute atomic E-state index is 0. The second kappa shape index (κ2) is 9.84. The van der Waals surface area contributed by atoms with Crippen LogP contribution in [0.2, 0.25) is 12.1 Å². The molecule has 1 aliphatic carbocycles. The zero-order valence-corrected chi connectivity index (χ0v) is 17.1. The maximum absolute atomic E-state index is 2.53. The SMILES string of the molecule is CC[SiH](CC)[Zr+2][CH]1C(CC(C)C)=Cc2ccccc21.[F-].[F-]. The second-order valence-corrected chi connectivity index (χ2v) is 19.3. The predicted octanol–water partition coefficient (Wildman–Crippen LogP) is -0.975.